The molecule has 0 saturated carbocycles. The van der Waals surface area contributed by atoms with E-state index in [-0.39, 0.29) is 12.5 Å². The fourth-order valence-corrected chi connectivity index (χ4v) is 2.56. The number of aliphatic imine (C=N–C) groups is 1. The molecule has 1 aromatic carbocycles. The smallest absolute Gasteiger partial charge is 0.251 e. The highest BCUT2D eigenvalue weighted by atomic mass is 79.9. The maximum Gasteiger partial charge on any atom is 0.251 e. The summed E-state index contributed by atoms with van der Waals surface area (Å²) in [6.45, 7) is 5.36. The molecule has 7 nitrogen and oxygen atoms in total. The van der Waals surface area contributed by atoms with E-state index in [4.69, 9.17) is 4.42 Å². The van der Waals surface area contributed by atoms with Crippen molar-refractivity contribution in [2.75, 3.05) is 26.2 Å². The van der Waals surface area contributed by atoms with Gasteiger partial charge in [0, 0.05) is 29.7 Å². The molecule has 146 valence electrons. The van der Waals surface area contributed by atoms with Crippen LogP contribution in [0.4, 0.5) is 0 Å². The first-order chi connectivity index (χ1) is 12.9. The third kappa shape index (κ3) is 6.73. The number of nitrogens with one attached hydrogen (secondary N) is 3. The Morgan fingerprint density at radius 1 is 1.19 bits per heavy atom. The molecule has 0 bridgehead atoms. The van der Waals surface area contributed by atoms with Gasteiger partial charge in [-0.2, -0.15) is 0 Å². The second kappa shape index (κ2) is 10.1. The van der Waals surface area contributed by atoms with E-state index in [1.54, 1.807) is 31.2 Å². The number of hydrogen-bond acceptors (Lipinski definition) is 4. The van der Waals surface area contributed by atoms with Gasteiger partial charge in [-0.05, 0) is 50.2 Å². The number of aliphatic hydroxyl groups is 1. The van der Waals surface area contributed by atoms with Crippen LogP contribution in [0.1, 0.15) is 30.0 Å². The van der Waals surface area contributed by atoms with E-state index in [9.17, 15) is 9.90 Å². The van der Waals surface area contributed by atoms with Crippen LogP contribution >= 0.6 is 15.9 Å². The highest BCUT2D eigenvalue weighted by Gasteiger charge is 2.26. The lowest BCUT2D eigenvalue weighted by Crippen LogP contribution is -2.42. The molecule has 2 aromatic rings. The summed E-state index contributed by atoms with van der Waals surface area (Å²) in [5, 5.41) is 19.5. The summed E-state index contributed by atoms with van der Waals surface area (Å²) in [6.07, 6.45) is 1.52. The van der Waals surface area contributed by atoms with Crippen LogP contribution in [0.25, 0.3) is 0 Å². The second-order valence-corrected chi connectivity index (χ2v) is 7.05. The molecule has 0 spiro atoms. The molecule has 1 unspecified atom stereocenters. The van der Waals surface area contributed by atoms with Crippen LogP contribution in [0.3, 0.4) is 0 Å². The lowest BCUT2D eigenvalue weighted by molar-refractivity contribution is 0.0437. The molecular weight excluding hydrogens is 412 g/mol. The number of carbonyl (C=O) groups is 1. The molecular formula is C19H25BrN4O3. The fraction of sp³-hybridized carbons (Fsp3) is 0.368. The number of guanidine groups is 1. The van der Waals surface area contributed by atoms with Gasteiger partial charge < -0.3 is 25.5 Å². The van der Waals surface area contributed by atoms with E-state index in [1.807, 2.05) is 19.1 Å². The largest absolute Gasteiger partial charge is 0.466 e. The quantitative estimate of drug-likeness (QED) is 0.289. The van der Waals surface area contributed by atoms with Crippen LogP contribution < -0.4 is 16.0 Å². The van der Waals surface area contributed by atoms with Gasteiger partial charge in [-0.15, -0.1) is 0 Å². The van der Waals surface area contributed by atoms with Crippen LogP contribution in [0.2, 0.25) is 0 Å². The first kappa shape index (κ1) is 21.0. The molecule has 0 aliphatic rings. The SMILES string of the molecule is CCNC(=NCC(C)(O)c1ccco1)NCCNC(=O)c1ccc(Br)cc1. The first-order valence-electron chi connectivity index (χ1n) is 8.74. The Morgan fingerprint density at radius 2 is 1.89 bits per heavy atom. The average Bonchev–Trinajstić information content (AvgIpc) is 3.19. The summed E-state index contributed by atoms with van der Waals surface area (Å²) in [7, 11) is 0. The van der Waals surface area contributed by atoms with Crippen molar-refractivity contribution in [2.45, 2.75) is 19.4 Å². The van der Waals surface area contributed by atoms with Crippen molar-refractivity contribution >= 4 is 27.8 Å². The Labute approximate surface area is 167 Å². The van der Waals surface area contributed by atoms with Crippen molar-refractivity contribution in [1.82, 2.24) is 16.0 Å². The summed E-state index contributed by atoms with van der Waals surface area (Å²) in [5.41, 5.74) is -0.588. The highest BCUT2D eigenvalue weighted by Crippen LogP contribution is 2.20. The number of nitrogens with zero attached hydrogens (tertiary/aromatic N) is 1. The fourth-order valence-electron chi connectivity index (χ4n) is 2.30. The molecule has 0 aliphatic heterocycles. The number of carbonyl (C=O) groups excluding carboxylic acids is 1. The predicted molar refractivity (Wildman–Crippen MR) is 109 cm³/mol. The Morgan fingerprint density at radius 3 is 2.52 bits per heavy atom. The third-order valence-electron chi connectivity index (χ3n) is 3.75. The minimum absolute atomic E-state index is 0.132. The van der Waals surface area contributed by atoms with Gasteiger partial charge in [-0.1, -0.05) is 15.9 Å². The Hall–Kier alpha value is -2.32. The van der Waals surface area contributed by atoms with Crippen molar-refractivity contribution in [3.8, 4) is 0 Å². The standard InChI is InChI=1S/C19H25BrN4O3/c1-3-21-18(24-13-19(2,26)16-5-4-12-27-16)23-11-10-22-17(25)14-6-8-15(20)9-7-14/h4-9,12,26H,3,10-11,13H2,1-2H3,(H,22,25)(H2,21,23,24). The first-order valence-corrected chi connectivity index (χ1v) is 9.54. The molecule has 0 aliphatic carbocycles. The zero-order chi connectivity index (χ0) is 19.7. The van der Waals surface area contributed by atoms with Crippen molar-refractivity contribution in [3.63, 3.8) is 0 Å². The molecule has 4 N–H and O–H groups in total. The van der Waals surface area contributed by atoms with Crippen molar-refractivity contribution in [3.05, 3.63) is 58.5 Å². The molecule has 1 atom stereocenters. The normalized spacial score (nSPS) is 13.7. The van der Waals surface area contributed by atoms with Gasteiger partial charge in [0.05, 0.1) is 12.8 Å². The molecule has 0 radical (unpaired) electrons. The lowest BCUT2D eigenvalue weighted by Gasteiger charge is -2.19. The Balaban J connectivity index is 1.81. The van der Waals surface area contributed by atoms with Crippen LogP contribution in [-0.2, 0) is 5.60 Å². The molecule has 1 heterocycles. The van der Waals surface area contributed by atoms with E-state index < -0.39 is 5.60 Å². The van der Waals surface area contributed by atoms with Crippen molar-refractivity contribution in [1.29, 1.82) is 0 Å². The summed E-state index contributed by atoms with van der Waals surface area (Å²) in [6, 6.07) is 10.6. The summed E-state index contributed by atoms with van der Waals surface area (Å²) in [5.74, 6) is 0.887. The molecule has 27 heavy (non-hydrogen) atoms. The molecule has 2 rings (SSSR count). The minimum Gasteiger partial charge on any atom is -0.466 e. The van der Waals surface area contributed by atoms with E-state index in [1.165, 1.54) is 6.26 Å². The van der Waals surface area contributed by atoms with Gasteiger partial charge in [-0.25, -0.2) is 4.99 Å². The molecule has 1 amide bonds. The monoisotopic (exact) mass is 436 g/mol. The van der Waals surface area contributed by atoms with Gasteiger partial charge in [-0.3, -0.25) is 4.79 Å². The van der Waals surface area contributed by atoms with Gasteiger partial charge >= 0.3 is 0 Å². The maximum atomic E-state index is 12.1. The minimum atomic E-state index is -1.19. The van der Waals surface area contributed by atoms with Crippen molar-refractivity contribution < 1.29 is 14.3 Å². The third-order valence-corrected chi connectivity index (χ3v) is 4.28. The molecule has 0 saturated heterocycles. The lowest BCUT2D eigenvalue weighted by atomic mass is 10.0. The number of hydrogen-bond donors (Lipinski definition) is 4. The van der Waals surface area contributed by atoms with Gasteiger partial charge in [0.2, 0.25) is 0 Å². The van der Waals surface area contributed by atoms with Crippen LogP contribution in [0.15, 0.2) is 56.5 Å². The zero-order valence-corrected chi connectivity index (χ0v) is 17.0. The molecule has 0 fully saturated rings. The number of rotatable bonds is 8. The number of furan rings is 1. The van der Waals surface area contributed by atoms with Crippen molar-refractivity contribution in [2.24, 2.45) is 4.99 Å². The van der Waals surface area contributed by atoms with Crippen LogP contribution in [-0.4, -0.2) is 43.2 Å². The van der Waals surface area contributed by atoms with E-state index >= 15 is 0 Å². The van der Waals surface area contributed by atoms with Crippen LogP contribution in [0, 0.1) is 0 Å². The molecule has 8 heteroatoms. The Kier molecular flexibility index (Phi) is 7.87. The van der Waals surface area contributed by atoms with Gasteiger partial charge in [0.15, 0.2) is 5.96 Å². The number of amides is 1. The Bertz CT molecular complexity index is 743. The van der Waals surface area contributed by atoms with E-state index in [0.29, 0.717) is 36.9 Å². The number of benzene rings is 1. The summed E-state index contributed by atoms with van der Waals surface area (Å²) < 4.78 is 6.18. The van der Waals surface area contributed by atoms with E-state index in [2.05, 4.69) is 36.9 Å². The number of halogens is 1. The summed E-state index contributed by atoms with van der Waals surface area (Å²) >= 11 is 3.34. The predicted octanol–water partition coefficient (Wildman–Crippen LogP) is 2.23. The van der Waals surface area contributed by atoms with Crippen LogP contribution in [0.5, 0.6) is 0 Å². The highest BCUT2D eigenvalue weighted by molar-refractivity contribution is 9.10. The average molecular weight is 437 g/mol. The topological polar surface area (TPSA) is 98.9 Å². The van der Waals surface area contributed by atoms with Gasteiger partial charge in [0.25, 0.3) is 5.91 Å². The maximum absolute atomic E-state index is 12.1. The second-order valence-electron chi connectivity index (χ2n) is 6.14. The summed E-state index contributed by atoms with van der Waals surface area (Å²) in [4.78, 5) is 16.5. The van der Waals surface area contributed by atoms with Gasteiger partial charge in [0.1, 0.15) is 11.4 Å². The molecule has 1 aromatic heterocycles. The van der Waals surface area contributed by atoms with E-state index in [0.717, 1.165) is 4.47 Å². The zero-order valence-electron chi connectivity index (χ0n) is 15.5.